The summed E-state index contributed by atoms with van der Waals surface area (Å²) in [5, 5.41) is 5.21. The van der Waals surface area contributed by atoms with Gasteiger partial charge in [0.15, 0.2) is 0 Å². The van der Waals surface area contributed by atoms with Crippen molar-refractivity contribution in [3.63, 3.8) is 0 Å². The fourth-order valence-corrected chi connectivity index (χ4v) is 6.18. The van der Waals surface area contributed by atoms with Crippen LogP contribution in [0.4, 0.5) is 11.4 Å². The molecule has 6 rings (SSSR count). The Morgan fingerprint density at radius 2 is 1.62 bits per heavy atom. The SMILES string of the molecule is C=C(C)CN1C(=O)[C@]2(N[C@H](C)[C@H]3C(=O)N(c4cccc5ccccc45)C(=O)[C@H]32)c2ccccc21. The van der Waals surface area contributed by atoms with Crippen LogP contribution in [0.1, 0.15) is 19.4 Å². The van der Waals surface area contributed by atoms with E-state index >= 15 is 0 Å². The first-order valence-electron chi connectivity index (χ1n) is 11.6. The van der Waals surface area contributed by atoms with Gasteiger partial charge in [0.25, 0.3) is 5.91 Å². The highest BCUT2D eigenvalue weighted by Gasteiger charge is 2.71. The summed E-state index contributed by atoms with van der Waals surface area (Å²) in [6.45, 7) is 8.11. The first-order valence-corrected chi connectivity index (χ1v) is 11.6. The number of nitrogens with one attached hydrogen (secondary N) is 1. The lowest BCUT2D eigenvalue weighted by molar-refractivity contribution is -0.132. The molecule has 1 N–H and O–H groups in total. The van der Waals surface area contributed by atoms with E-state index in [0.717, 1.165) is 27.6 Å². The van der Waals surface area contributed by atoms with E-state index in [1.54, 1.807) is 4.90 Å². The summed E-state index contributed by atoms with van der Waals surface area (Å²) >= 11 is 0. The molecule has 3 aromatic carbocycles. The van der Waals surface area contributed by atoms with E-state index in [1.807, 2.05) is 80.6 Å². The van der Waals surface area contributed by atoms with Gasteiger partial charge in [-0.2, -0.15) is 0 Å². The van der Waals surface area contributed by atoms with E-state index in [1.165, 1.54) is 4.90 Å². The molecule has 0 unspecified atom stereocenters. The average Bonchev–Trinajstić information content (AvgIpc) is 3.37. The fourth-order valence-electron chi connectivity index (χ4n) is 6.18. The molecule has 4 atom stereocenters. The molecule has 3 heterocycles. The molecule has 6 nitrogen and oxygen atoms in total. The number of anilines is 2. The van der Waals surface area contributed by atoms with Crippen LogP contribution in [0.3, 0.4) is 0 Å². The molecule has 2 saturated heterocycles. The van der Waals surface area contributed by atoms with Crippen LogP contribution < -0.4 is 15.1 Å². The highest BCUT2D eigenvalue weighted by atomic mass is 16.2. The van der Waals surface area contributed by atoms with Crippen LogP contribution >= 0.6 is 0 Å². The first kappa shape index (κ1) is 20.8. The van der Waals surface area contributed by atoms with Gasteiger partial charge in [0.05, 0.1) is 17.5 Å². The van der Waals surface area contributed by atoms with Crippen molar-refractivity contribution in [2.45, 2.75) is 25.4 Å². The molecule has 1 spiro atoms. The molecule has 2 fully saturated rings. The Morgan fingerprint density at radius 3 is 2.41 bits per heavy atom. The van der Waals surface area contributed by atoms with E-state index in [2.05, 4.69) is 11.9 Å². The smallest absolute Gasteiger partial charge is 0.253 e. The van der Waals surface area contributed by atoms with Crippen molar-refractivity contribution >= 4 is 39.9 Å². The number of hydrogen-bond acceptors (Lipinski definition) is 4. The van der Waals surface area contributed by atoms with Gasteiger partial charge in [0.1, 0.15) is 5.54 Å². The summed E-state index contributed by atoms with van der Waals surface area (Å²) in [4.78, 5) is 45.0. The maximum Gasteiger partial charge on any atom is 0.253 e. The minimum atomic E-state index is -1.28. The second-order valence-corrected chi connectivity index (χ2v) is 9.62. The van der Waals surface area contributed by atoms with Crippen molar-refractivity contribution < 1.29 is 14.4 Å². The maximum absolute atomic E-state index is 14.1. The summed E-state index contributed by atoms with van der Waals surface area (Å²) in [5.74, 6) is -2.24. The monoisotopic (exact) mass is 451 g/mol. The van der Waals surface area contributed by atoms with Crippen LogP contribution in [0.15, 0.2) is 78.9 Å². The zero-order chi connectivity index (χ0) is 23.8. The van der Waals surface area contributed by atoms with Gasteiger partial charge in [0.2, 0.25) is 11.8 Å². The molecule has 34 heavy (non-hydrogen) atoms. The third-order valence-electron chi connectivity index (χ3n) is 7.45. The number of imide groups is 1. The van der Waals surface area contributed by atoms with Crippen LogP contribution in [0.2, 0.25) is 0 Å². The van der Waals surface area contributed by atoms with Gasteiger partial charge in [-0.25, -0.2) is 4.90 Å². The van der Waals surface area contributed by atoms with Crippen molar-refractivity contribution in [2.75, 3.05) is 16.3 Å². The molecule has 3 aliphatic heterocycles. The molecule has 0 bridgehead atoms. The quantitative estimate of drug-likeness (QED) is 0.486. The Kier molecular flexibility index (Phi) is 4.35. The van der Waals surface area contributed by atoms with Crippen molar-refractivity contribution in [3.8, 4) is 0 Å². The second-order valence-electron chi connectivity index (χ2n) is 9.62. The maximum atomic E-state index is 14.1. The average molecular weight is 452 g/mol. The molecule has 6 heteroatoms. The Hall–Kier alpha value is -3.77. The fraction of sp³-hybridized carbons (Fsp3) is 0.250. The topological polar surface area (TPSA) is 69.7 Å². The normalized spacial score (nSPS) is 27.7. The highest BCUT2D eigenvalue weighted by molar-refractivity contribution is 6.28. The van der Waals surface area contributed by atoms with Gasteiger partial charge in [-0.05, 0) is 31.4 Å². The van der Waals surface area contributed by atoms with Crippen LogP contribution in [-0.2, 0) is 19.9 Å². The van der Waals surface area contributed by atoms with Crippen molar-refractivity contribution in [1.82, 2.24) is 5.32 Å². The third-order valence-corrected chi connectivity index (χ3v) is 7.45. The summed E-state index contributed by atoms with van der Waals surface area (Å²) in [5.41, 5.74) is 1.65. The highest BCUT2D eigenvalue weighted by Crippen LogP contribution is 2.55. The number of fused-ring (bicyclic) bond motifs is 5. The Labute approximate surface area is 197 Å². The van der Waals surface area contributed by atoms with Gasteiger partial charge in [-0.15, -0.1) is 0 Å². The molecule has 170 valence electrons. The molecule has 3 amide bonds. The lowest BCUT2D eigenvalue weighted by atomic mass is 9.76. The van der Waals surface area contributed by atoms with Gasteiger partial charge in [0, 0.05) is 29.2 Å². The molecular weight excluding hydrogens is 426 g/mol. The van der Waals surface area contributed by atoms with Crippen LogP contribution in [0.5, 0.6) is 0 Å². The van der Waals surface area contributed by atoms with Crippen molar-refractivity contribution in [3.05, 3.63) is 84.4 Å². The molecule has 0 radical (unpaired) electrons. The number of nitrogens with zero attached hydrogens (tertiary/aromatic N) is 2. The lowest BCUT2D eigenvalue weighted by Gasteiger charge is -2.30. The number of para-hydroxylation sites is 1. The largest absolute Gasteiger partial charge is 0.306 e. The van der Waals surface area contributed by atoms with Crippen LogP contribution in [0.25, 0.3) is 10.8 Å². The Morgan fingerprint density at radius 1 is 0.941 bits per heavy atom. The summed E-state index contributed by atoms with van der Waals surface area (Å²) in [7, 11) is 0. The minimum Gasteiger partial charge on any atom is -0.306 e. The number of hydrogen-bond donors (Lipinski definition) is 1. The second kappa shape index (κ2) is 7.11. The summed E-state index contributed by atoms with van der Waals surface area (Å²) in [6.07, 6.45) is 0. The van der Waals surface area contributed by atoms with E-state index in [-0.39, 0.29) is 23.8 Å². The van der Waals surface area contributed by atoms with E-state index in [4.69, 9.17) is 0 Å². The predicted octanol–water partition coefficient (Wildman–Crippen LogP) is 3.76. The number of rotatable bonds is 3. The lowest BCUT2D eigenvalue weighted by Crippen LogP contribution is -2.55. The van der Waals surface area contributed by atoms with Gasteiger partial charge in [-0.3, -0.25) is 19.7 Å². The number of benzene rings is 3. The van der Waals surface area contributed by atoms with Gasteiger partial charge >= 0.3 is 0 Å². The van der Waals surface area contributed by atoms with Crippen molar-refractivity contribution in [2.24, 2.45) is 11.8 Å². The van der Waals surface area contributed by atoms with E-state index < -0.39 is 17.4 Å². The Balaban J connectivity index is 1.53. The number of carbonyl (C=O) groups is 3. The van der Waals surface area contributed by atoms with Crippen molar-refractivity contribution in [1.29, 1.82) is 0 Å². The van der Waals surface area contributed by atoms with Gasteiger partial charge < -0.3 is 4.90 Å². The molecule has 0 aromatic heterocycles. The molecule has 0 saturated carbocycles. The van der Waals surface area contributed by atoms with Crippen LogP contribution in [-0.4, -0.2) is 30.3 Å². The number of carbonyl (C=O) groups excluding carboxylic acids is 3. The van der Waals surface area contributed by atoms with E-state index in [0.29, 0.717) is 12.2 Å². The molecular formula is C28H25N3O3. The molecule has 3 aliphatic rings. The Bertz CT molecular complexity index is 1410. The van der Waals surface area contributed by atoms with Gasteiger partial charge in [-0.1, -0.05) is 66.7 Å². The van der Waals surface area contributed by atoms with E-state index in [9.17, 15) is 14.4 Å². The summed E-state index contributed by atoms with van der Waals surface area (Å²) < 4.78 is 0. The zero-order valence-electron chi connectivity index (χ0n) is 19.1. The molecule has 0 aliphatic carbocycles. The zero-order valence-corrected chi connectivity index (χ0v) is 19.1. The van der Waals surface area contributed by atoms with Crippen LogP contribution in [0, 0.1) is 11.8 Å². The molecule has 3 aromatic rings. The number of amides is 3. The first-order chi connectivity index (χ1) is 16.4. The predicted molar refractivity (Wildman–Crippen MR) is 131 cm³/mol. The third kappa shape index (κ3) is 2.51. The standard InChI is InChI=1S/C28H25N3O3/c1-16(2)15-30-22-13-7-6-12-20(22)28(27(30)34)24-23(17(3)29-28)25(32)31(26(24)33)21-14-8-10-18-9-4-5-11-19(18)21/h4-14,17,23-24,29H,1,15H2,2-3H3/t17-,23-,24+,28+/m1/s1. The minimum absolute atomic E-state index is 0.197. The summed E-state index contributed by atoms with van der Waals surface area (Å²) in [6, 6.07) is 20.5.